The summed E-state index contributed by atoms with van der Waals surface area (Å²) < 4.78 is 0. The van der Waals surface area contributed by atoms with Gasteiger partial charge in [-0.05, 0) is 11.1 Å². The highest BCUT2D eigenvalue weighted by Crippen LogP contribution is 2.25. The molecule has 0 radical (unpaired) electrons. The molecular weight excluding hydrogens is 234 g/mol. The Labute approximate surface area is 108 Å². The molecule has 0 spiro atoms. The van der Waals surface area contributed by atoms with Gasteiger partial charge in [0.25, 0.3) is 0 Å². The summed E-state index contributed by atoms with van der Waals surface area (Å²) in [5.74, 6) is 0. The minimum absolute atomic E-state index is 0. The van der Waals surface area contributed by atoms with Crippen molar-refractivity contribution < 1.29 is 5.11 Å². The average molecular weight is 250 g/mol. The summed E-state index contributed by atoms with van der Waals surface area (Å²) in [7, 11) is 0. The van der Waals surface area contributed by atoms with E-state index in [1.54, 1.807) is 0 Å². The van der Waals surface area contributed by atoms with E-state index in [9.17, 15) is 5.11 Å². The smallest absolute Gasteiger partial charge is 0.0982 e. The maximum atomic E-state index is 10.1. The van der Waals surface area contributed by atoms with E-state index >= 15 is 0 Å². The lowest BCUT2D eigenvalue weighted by molar-refractivity contribution is 0.147. The largest absolute Gasteiger partial charge is 0.386 e. The summed E-state index contributed by atoms with van der Waals surface area (Å²) in [5, 5.41) is 10.1. The van der Waals surface area contributed by atoms with Crippen LogP contribution in [0.3, 0.4) is 0 Å². The molecule has 2 aromatic carbocycles. The highest BCUT2D eigenvalue weighted by Gasteiger charge is 2.17. The van der Waals surface area contributed by atoms with Crippen molar-refractivity contribution in [3.05, 3.63) is 71.8 Å². The van der Waals surface area contributed by atoms with Gasteiger partial charge >= 0.3 is 0 Å². The summed E-state index contributed by atoms with van der Waals surface area (Å²) in [6.07, 6.45) is -0.663. The van der Waals surface area contributed by atoms with Gasteiger partial charge in [-0.25, -0.2) is 0 Å². The van der Waals surface area contributed by atoms with E-state index in [2.05, 4.69) is 0 Å². The lowest BCUT2D eigenvalue weighted by Gasteiger charge is -2.19. The summed E-state index contributed by atoms with van der Waals surface area (Å²) in [4.78, 5) is 0. The van der Waals surface area contributed by atoms with Gasteiger partial charge in [-0.3, -0.25) is 0 Å². The maximum Gasteiger partial charge on any atom is 0.0982 e. The molecule has 0 heterocycles. The number of aliphatic hydroxyl groups excluding tert-OH is 1. The Kier molecular flexibility index (Phi) is 5.16. The van der Waals surface area contributed by atoms with Gasteiger partial charge in [0.1, 0.15) is 0 Å². The van der Waals surface area contributed by atoms with Gasteiger partial charge in [-0.2, -0.15) is 0 Å². The standard InChI is InChI=1S/C14H15NO.ClH/c15-13(11-7-3-1-4-8-11)14(16)12-9-5-2-6-10-12;/h1-10,13-14,16H,15H2;1H/t13-,14+;/m0./s1. The van der Waals surface area contributed by atoms with Crippen molar-refractivity contribution in [2.24, 2.45) is 5.73 Å². The van der Waals surface area contributed by atoms with E-state index in [0.717, 1.165) is 11.1 Å². The monoisotopic (exact) mass is 249 g/mol. The Morgan fingerprint density at radius 1 is 0.765 bits per heavy atom. The van der Waals surface area contributed by atoms with Gasteiger partial charge in [0.05, 0.1) is 12.1 Å². The zero-order valence-electron chi connectivity index (χ0n) is 9.36. The molecule has 2 nitrogen and oxygen atoms in total. The van der Waals surface area contributed by atoms with Gasteiger partial charge < -0.3 is 10.8 Å². The van der Waals surface area contributed by atoms with Crippen LogP contribution in [0, 0.1) is 0 Å². The normalized spacial score (nSPS) is 13.5. The van der Waals surface area contributed by atoms with Crippen molar-refractivity contribution in [1.29, 1.82) is 0 Å². The zero-order chi connectivity index (χ0) is 11.4. The molecule has 0 aliphatic rings. The Morgan fingerprint density at radius 3 is 1.65 bits per heavy atom. The number of aliphatic hydroxyl groups is 1. The predicted octanol–water partition coefficient (Wildman–Crippen LogP) is 2.84. The lowest BCUT2D eigenvalue weighted by atomic mass is 9.97. The molecule has 0 saturated carbocycles. The second-order valence-electron chi connectivity index (χ2n) is 3.79. The van der Waals surface area contributed by atoms with Crippen LogP contribution in [0.4, 0.5) is 0 Å². The first-order valence-electron chi connectivity index (χ1n) is 5.32. The van der Waals surface area contributed by atoms with Crippen molar-refractivity contribution in [3.63, 3.8) is 0 Å². The number of hydrogen-bond donors (Lipinski definition) is 2. The van der Waals surface area contributed by atoms with Crippen LogP contribution in [0.15, 0.2) is 60.7 Å². The average Bonchev–Trinajstić information content (AvgIpc) is 2.39. The van der Waals surface area contributed by atoms with Gasteiger partial charge in [0.15, 0.2) is 0 Å². The molecule has 0 saturated heterocycles. The fourth-order valence-corrected chi connectivity index (χ4v) is 1.72. The molecule has 0 aliphatic heterocycles. The van der Waals surface area contributed by atoms with Crippen LogP contribution in [-0.4, -0.2) is 5.11 Å². The van der Waals surface area contributed by atoms with Gasteiger partial charge in [0.2, 0.25) is 0 Å². The summed E-state index contributed by atoms with van der Waals surface area (Å²) >= 11 is 0. The quantitative estimate of drug-likeness (QED) is 0.879. The topological polar surface area (TPSA) is 46.2 Å². The maximum absolute atomic E-state index is 10.1. The van der Waals surface area contributed by atoms with E-state index in [1.807, 2.05) is 60.7 Å². The summed E-state index contributed by atoms with van der Waals surface area (Å²) in [5.41, 5.74) is 7.81. The van der Waals surface area contributed by atoms with Crippen molar-refractivity contribution in [2.75, 3.05) is 0 Å². The fourth-order valence-electron chi connectivity index (χ4n) is 1.72. The molecule has 90 valence electrons. The molecule has 0 aliphatic carbocycles. The van der Waals surface area contributed by atoms with Crippen molar-refractivity contribution >= 4 is 12.4 Å². The molecule has 2 aromatic rings. The van der Waals surface area contributed by atoms with Crippen LogP contribution in [0.2, 0.25) is 0 Å². The second kappa shape index (κ2) is 6.40. The van der Waals surface area contributed by atoms with Crippen molar-refractivity contribution in [2.45, 2.75) is 12.1 Å². The molecule has 2 rings (SSSR count). The number of benzene rings is 2. The molecule has 3 heteroatoms. The Bertz CT molecular complexity index is 389. The SMILES string of the molecule is Cl.N[C@@H](c1ccccc1)[C@H](O)c1ccccc1. The van der Waals surface area contributed by atoms with Crippen LogP contribution >= 0.6 is 12.4 Å². The first kappa shape index (κ1) is 13.7. The lowest BCUT2D eigenvalue weighted by Crippen LogP contribution is -2.19. The molecule has 0 unspecified atom stereocenters. The molecule has 0 aromatic heterocycles. The van der Waals surface area contributed by atoms with E-state index in [-0.39, 0.29) is 18.4 Å². The van der Waals surface area contributed by atoms with Crippen LogP contribution in [0.1, 0.15) is 23.3 Å². The van der Waals surface area contributed by atoms with Crippen LogP contribution in [0.25, 0.3) is 0 Å². The first-order chi connectivity index (χ1) is 7.79. The molecule has 2 atom stereocenters. The van der Waals surface area contributed by atoms with Gasteiger partial charge in [-0.1, -0.05) is 60.7 Å². The van der Waals surface area contributed by atoms with Crippen LogP contribution in [-0.2, 0) is 0 Å². The second-order valence-corrected chi connectivity index (χ2v) is 3.79. The number of nitrogens with two attached hydrogens (primary N) is 1. The Balaban J connectivity index is 0.00000144. The fraction of sp³-hybridized carbons (Fsp3) is 0.143. The van der Waals surface area contributed by atoms with E-state index in [0.29, 0.717) is 0 Å². The number of rotatable bonds is 3. The molecule has 0 bridgehead atoms. The number of halogens is 1. The highest BCUT2D eigenvalue weighted by molar-refractivity contribution is 5.85. The van der Waals surface area contributed by atoms with E-state index in [1.165, 1.54) is 0 Å². The third kappa shape index (κ3) is 3.30. The first-order valence-corrected chi connectivity index (χ1v) is 5.32. The Hall–Kier alpha value is -1.35. The number of hydrogen-bond acceptors (Lipinski definition) is 2. The predicted molar refractivity (Wildman–Crippen MR) is 72.0 cm³/mol. The van der Waals surface area contributed by atoms with Crippen LogP contribution < -0.4 is 5.73 Å². The van der Waals surface area contributed by atoms with E-state index in [4.69, 9.17) is 5.73 Å². The third-order valence-electron chi connectivity index (χ3n) is 2.67. The Morgan fingerprint density at radius 2 is 1.18 bits per heavy atom. The summed E-state index contributed by atoms with van der Waals surface area (Å²) in [6, 6.07) is 18.7. The van der Waals surface area contributed by atoms with Gasteiger partial charge in [0, 0.05) is 0 Å². The van der Waals surface area contributed by atoms with Gasteiger partial charge in [-0.15, -0.1) is 12.4 Å². The minimum atomic E-state index is -0.663. The zero-order valence-corrected chi connectivity index (χ0v) is 10.2. The molecule has 0 fully saturated rings. The highest BCUT2D eigenvalue weighted by atomic mass is 35.5. The van der Waals surface area contributed by atoms with Crippen LogP contribution in [0.5, 0.6) is 0 Å². The molecule has 17 heavy (non-hydrogen) atoms. The molecular formula is C14H16ClNO. The van der Waals surface area contributed by atoms with Crippen molar-refractivity contribution in [1.82, 2.24) is 0 Å². The molecule has 3 N–H and O–H groups in total. The molecule has 0 amide bonds. The third-order valence-corrected chi connectivity index (χ3v) is 2.67. The minimum Gasteiger partial charge on any atom is -0.386 e. The summed E-state index contributed by atoms with van der Waals surface area (Å²) in [6.45, 7) is 0. The van der Waals surface area contributed by atoms with Crippen molar-refractivity contribution in [3.8, 4) is 0 Å². The van der Waals surface area contributed by atoms with E-state index < -0.39 is 6.10 Å².